The Morgan fingerprint density at radius 1 is 1.24 bits per heavy atom. The average molecular weight is 229 g/mol. The molecular formula is C14H19N3. The third kappa shape index (κ3) is 2.56. The molecule has 0 amide bonds. The number of aromatic amines is 1. The van der Waals surface area contributed by atoms with Gasteiger partial charge in [0.15, 0.2) is 0 Å². The molecule has 0 aliphatic rings. The topological polar surface area (TPSA) is 54.7 Å². The van der Waals surface area contributed by atoms with Gasteiger partial charge in [-0.25, -0.2) is 4.98 Å². The van der Waals surface area contributed by atoms with Crippen molar-refractivity contribution < 1.29 is 0 Å². The van der Waals surface area contributed by atoms with Crippen molar-refractivity contribution >= 4 is 0 Å². The quantitative estimate of drug-likeness (QED) is 0.849. The second kappa shape index (κ2) is 4.72. The predicted octanol–water partition coefficient (Wildman–Crippen LogP) is 2.38. The van der Waals surface area contributed by atoms with Crippen LogP contribution in [-0.2, 0) is 13.0 Å². The molecular weight excluding hydrogens is 210 g/mol. The molecule has 0 aliphatic carbocycles. The Kier molecular flexibility index (Phi) is 3.29. The maximum absolute atomic E-state index is 5.58. The van der Waals surface area contributed by atoms with Crippen molar-refractivity contribution in [1.29, 1.82) is 0 Å². The lowest BCUT2D eigenvalue weighted by molar-refractivity contribution is 0.934. The van der Waals surface area contributed by atoms with E-state index < -0.39 is 0 Å². The predicted molar refractivity (Wildman–Crippen MR) is 69.9 cm³/mol. The highest BCUT2D eigenvalue weighted by molar-refractivity contribution is 5.34. The second-order valence-electron chi connectivity index (χ2n) is 4.57. The zero-order valence-electron chi connectivity index (χ0n) is 10.7. The Labute approximate surface area is 102 Å². The molecule has 0 saturated heterocycles. The fourth-order valence-electron chi connectivity index (χ4n) is 2.06. The minimum Gasteiger partial charge on any atom is -0.345 e. The van der Waals surface area contributed by atoms with Gasteiger partial charge in [0.05, 0.1) is 12.2 Å². The minimum atomic E-state index is 0.466. The Bertz CT molecular complexity index is 526. The van der Waals surface area contributed by atoms with E-state index in [2.05, 4.69) is 42.0 Å². The summed E-state index contributed by atoms with van der Waals surface area (Å²) in [6.07, 6.45) is 0.869. The molecule has 2 aromatic rings. The van der Waals surface area contributed by atoms with Crippen LogP contribution in [0.3, 0.4) is 0 Å². The molecule has 0 spiro atoms. The Hall–Kier alpha value is -1.61. The molecule has 3 N–H and O–H groups in total. The van der Waals surface area contributed by atoms with Gasteiger partial charge in [-0.2, -0.15) is 0 Å². The van der Waals surface area contributed by atoms with E-state index in [0.29, 0.717) is 6.54 Å². The maximum Gasteiger partial charge on any atom is 0.120 e. The summed E-state index contributed by atoms with van der Waals surface area (Å²) in [7, 11) is 0. The van der Waals surface area contributed by atoms with E-state index >= 15 is 0 Å². The summed E-state index contributed by atoms with van der Waals surface area (Å²) in [5.41, 5.74) is 11.7. The standard InChI is InChI=1S/C14H19N3/c1-9-4-5-12(10(2)6-9)7-13-11(3)16-14(8-15)17-13/h4-6H,7-8,15H2,1-3H3,(H,16,17). The number of imidazole rings is 1. The third-order valence-corrected chi connectivity index (χ3v) is 3.08. The number of nitrogens with zero attached hydrogens (tertiary/aromatic N) is 1. The van der Waals surface area contributed by atoms with Crippen LogP contribution in [0.25, 0.3) is 0 Å². The van der Waals surface area contributed by atoms with Gasteiger partial charge in [-0.1, -0.05) is 23.8 Å². The van der Waals surface area contributed by atoms with E-state index in [0.717, 1.165) is 23.6 Å². The summed E-state index contributed by atoms with van der Waals surface area (Å²) >= 11 is 0. The number of nitrogens with two attached hydrogens (primary N) is 1. The molecule has 0 bridgehead atoms. The van der Waals surface area contributed by atoms with Gasteiger partial charge in [0.25, 0.3) is 0 Å². The van der Waals surface area contributed by atoms with Crippen LogP contribution in [0, 0.1) is 20.8 Å². The number of hydrogen-bond acceptors (Lipinski definition) is 2. The lowest BCUT2D eigenvalue weighted by atomic mass is 10.0. The van der Waals surface area contributed by atoms with Crippen molar-refractivity contribution in [3.63, 3.8) is 0 Å². The number of hydrogen-bond donors (Lipinski definition) is 2. The molecule has 0 unspecified atom stereocenters. The number of aryl methyl sites for hydroxylation is 3. The summed E-state index contributed by atoms with van der Waals surface area (Å²) in [6, 6.07) is 6.54. The fourth-order valence-corrected chi connectivity index (χ4v) is 2.06. The van der Waals surface area contributed by atoms with E-state index in [1.807, 2.05) is 6.92 Å². The molecule has 1 aromatic carbocycles. The van der Waals surface area contributed by atoms with Crippen LogP contribution in [0.1, 0.15) is 33.9 Å². The summed E-state index contributed by atoms with van der Waals surface area (Å²) < 4.78 is 0. The minimum absolute atomic E-state index is 0.466. The monoisotopic (exact) mass is 229 g/mol. The summed E-state index contributed by atoms with van der Waals surface area (Å²) in [5.74, 6) is 0.863. The number of rotatable bonds is 3. The van der Waals surface area contributed by atoms with E-state index in [-0.39, 0.29) is 0 Å². The van der Waals surface area contributed by atoms with Crippen molar-refractivity contribution in [2.24, 2.45) is 5.73 Å². The van der Waals surface area contributed by atoms with Crippen LogP contribution in [0.5, 0.6) is 0 Å². The molecule has 1 aromatic heterocycles. The molecule has 0 aliphatic heterocycles. The van der Waals surface area contributed by atoms with E-state index in [9.17, 15) is 0 Å². The summed E-state index contributed by atoms with van der Waals surface area (Å²) in [6.45, 7) is 6.77. The molecule has 0 radical (unpaired) electrons. The third-order valence-electron chi connectivity index (χ3n) is 3.08. The van der Waals surface area contributed by atoms with E-state index in [1.165, 1.54) is 16.7 Å². The summed E-state index contributed by atoms with van der Waals surface area (Å²) in [4.78, 5) is 7.72. The maximum atomic E-state index is 5.58. The Balaban J connectivity index is 2.27. The zero-order valence-corrected chi connectivity index (χ0v) is 10.7. The van der Waals surface area contributed by atoms with E-state index in [4.69, 9.17) is 5.73 Å². The van der Waals surface area contributed by atoms with Gasteiger partial charge < -0.3 is 10.7 Å². The first-order valence-corrected chi connectivity index (χ1v) is 5.90. The lowest BCUT2D eigenvalue weighted by Crippen LogP contribution is -1.99. The number of aromatic nitrogens is 2. The molecule has 0 atom stereocenters. The fraction of sp³-hybridized carbons (Fsp3) is 0.357. The van der Waals surface area contributed by atoms with Crippen LogP contribution in [0.15, 0.2) is 18.2 Å². The zero-order chi connectivity index (χ0) is 12.4. The van der Waals surface area contributed by atoms with Gasteiger partial charge in [-0.3, -0.25) is 0 Å². The van der Waals surface area contributed by atoms with Crippen LogP contribution in [0.2, 0.25) is 0 Å². The Morgan fingerprint density at radius 3 is 2.59 bits per heavy atom. The number of benzene rings is 1. The van der Waals surface area contributed by atoms with Gasteiger partial charge in [0.1, 0.15) is 5.82 Å². The number of H-pyrrole nitrogens is 1. The summed E-state index contributed by atoms with van der Waals surface area (Å²) in [5, 5.41) is 0. The van der Waals surface area contributed by atoms with Gasteiger partial charge in [-0.05, 0) is 31.9 Å². The van der Waals surface area contributed by atoms with E-state index in [1.54, 1.807) is 0 Å². The molecule has 3 nitrogen and oxygen atoms in total. The van der Waals surface area contributed by atoms with Crippen molar-refractivity contribution in [3.8, 4) is 0 Å². The van der Waals surface area contributed by atoms with Crippen molar-refractivity contribution in [3.05, 3.63) is 52.1 Å². The van der Waals surface area contributed by atoms with Crippen molar-refractivity contribution in [1.82, 2.24) is 9.97 Å². The molecule has 90 valence electrons. The Morgan fingerprint density at radius 2 is 2.00 bits per heavy atom. The molecule has 1 heterocycles. The van der Waals surface area contributed by atoms with Gasteiger partial charge >= 0.3 is 0 Å². The van der Waals surface area contributed by atoms with Crippen LogP contribution < -0.4 is 5.73 Å². The first-order chi connectivity index (χ1) is 8.10. The lowest BCUT2D eigenvalue weighted by Gasteiger charge is -2.05. The molecule has 0 fully saturated rings. The normalized spacial score (nSPS) is 10.8. The van der Waals surface area contributed by atoms with Crippen LogP contribution >= 0.6 is 0 Å². The van der Waals surface area contributed by atoms with Crippen molar-refractivity contribution in [2.45, 2.75) is 33.7 Å². The van der Waals surface area contributed by atoms with Gasteiger partial charge in [0.2, 0.25) is 0 Å². The highest BCUT2D eigenvalue weighted by Crippen LogP contribution is 2.16. The van der Waals surface area contributed by atoms with Crippen molar-refractivity contribution in [2.75, 3.05) is 0 Å². The van der Waals surface area contributed by atoms with Gasteiger partial charge in [-0.15, -0.1) is 0 Å². The number of nitrogens with one attached hydrogen (secondary N) is 1. The average Bonchev–Trinajstić information content (AvgIpc) is 2.64. The van der Waals surface area contributed by atoms with Crippen LogP contribution in [-0.4, -0.2) is 9.97 Å². The SMILES string of the molecule is Cc1ccc(Cc2nc(CN)[nH]c2C)c(C)c1. The van der Waals surface area contributed by atoms with Gasteiger partial charge in [0, 0.05) is 12.1 Å². The molecule has 3 heteroatoms. The highest BCUT2D eigenvalue weighted by atomic mass is 14.9. The smallest absolute Gasteiger partial charge is 0.120 e. The van der Waals surface area contributed by atoms with Crippen LogP contribution in [0.4, 0.5) is 0 Å². The molecule has 17 heavy (non-hydrogen) atoms. The second-order valence-corrected chi connectivity index (χ2v) is 4.57. The molecule has 0 saturated carbocycles. The largest absolute Gasteiger partial charge is 0.345 e. The first-order valence-electron chi connectivity index (χ1n) is 5.90. The highest BCUT2D eigenvalue weighted by Gasteiger charge is 2.08. The first kappa shape index (κ1) is 11.9. The molecule has 2 rings (SSSR count).